The summed E-state index contributed by atoms with van der Waals surface area (Å²) in [6.45, 7) is 0.575. The second-order valence-corrected chi connectivity index (χ2v) is 5.22. The van der Waals surface area contributed by atoms with Crippen molar-refractivity contribution in [1.82, 2.24) is 15.0 Å². The molecule has 0 aliphatic heterocycles. The largest absolute Gasteiger partial charge is 0.379 e. The van der Waals surface area contributed by atoms with Gasteiger partial charge in [-0.1, -0.05) is 52.7 Å². The van der Waals surface area contributed by atoms with Crippen LogP contribution in [0.15, 0.2) is 54.9 Å². The maximum Gasteiger partial charge on any atom is 0.0894 e. The molecule has 0 fully saturated rings. The Bertz CT molecular complexity index is 741. The average molecular weight is 319 g/mol. The Balaban J connectivity index is 1.85. The summed E-state index contributed by atoms with van der Waals surface area (Å²) in [5.74, 6) is 0. The molecule has 0 atom stereocenters. The Morgan fingerprint density at radius 3 is 2.71 bits per heavy atom. The Kier molecular flexibility index (Phi) is 4.08. The summed E-state index contributed by atoms with van der Waals surface area (Å²) in [7, 11) is 0. The minimum Gasteiger partial charge on any atom is -0.379 e. The molecule has 0 unspecified atom stereocenters. The molecule has 0 radical (unpaired) electrons. The summed E-state index contributed by atoms with van der Waals surface area (Å²) in [6, 6.07) is 13.5. The molecule has 0 saturated carbocycles. The second-order valence-electron chi connectivity index (χ2n) is 4.43. The summed E-state index contributed by atoms with van der Waals surface area (Å²) in [6.07, 6.45) is 3.44. The van der Waals surface area contributed by atoms with E-state index in [1.807, 2.05) is 36.4 Å². The van der Waals surface area contributed by atoms with Crippen molar-refractivity contribution in [2.75, 3.05) is 5.32 Å². The zero-order valence-corrected chi connectivity index (χ0v) is 12.5. The first kappa shape index (κ1) is 13.9. The van der Waals surface area contributed by atoms with Crippen LogP contribution in [0, 0.1) is 0 Å². The Morgan fingerprint density at radius 2 is 1.90 bits per heavy atom. The first-order valence-electron chi connectivity index (χ1n) is 6.38. The third kappa shape index (κ3) is 3.01. The van der Waals surface area contributed by atoms with Crippen molar-refractivity contribution in [3.05, 3.63) is 70.5 Å². The van der Waals surface area contributed by atoms with Gasteiger partial charge in [0.05, 0.1) is 33.8 Å². The van der Waals surface area contributed by atoms with Crippen molar-refractivity contribution < 1.29 is 0 Å². The van der Waals surface area contributed by atoms with Crippen molar-refractivity contribution in [1.29, 1.82) is 0 Å². The monoisotopic (exact) mass is 318 g/mol. The number of hydrogen-bond acceptors (Lipinski definition) is 3. The van der Waals surface area contributed by atoms with Crippen LogP contribution in [0.2, 0.25) is 10.0 Å². The van der Waals surface area contributed by atoms with Gasteiger partial charge in [0.1, 0.15) is 0 Å². The maximum atomic E-state index is 6.20. The molecule has 0 saturated heterocycles. The molecule has 1 N–H and O–H groups in total. The smallest absolute Gasteiger partial charge is 0.0894 e. The highest BCUT2D eigenvalue weighted by molar-refractivity contribution is 6.42. The summed E-state index contributed by atoms with van der Waals surface area (Å²) >= 11 is 12.2. The van der Waals surface area contributed by atoms with Crippen LogP contribution in [0.3, 0.4) is 0 Å². The fourth-order valence-corrected chi connectivity index (χ4v) is 2.42. The predicted molar refractivity (Wildman–Crippen MR) is 85.1 cm³/mol. The molecule has 4 nitrogen and oxygen atoms in total. The van der Waals surface area contributed by atoms with Crippen molar-refractivity contribution in [2.45, 2.75) is 6.54 Å². The van der Waals surface area contributed by atoms with Crippen LogP contribution in [-0.4, -0.2) is 15.0 Å². The fourth-order valence-electron chi connectivity index (χ4n) is 2.04. The van der Waals surface area contributed by atoms with Crippen LogP contribution >= 0.6 is 23.2 Å². The zero-order chi connectivity index (χ0) is 14.7. The minimum absolute atomic E-state index is 0.556. The van der Waals surface area contributed by atoms with E-state index in [0.29, 0.717) is 16.6 Å². The van der Waals surface area contributed by atoms with Gasteiger partial charge in [-0.3, -0.25) is 0 Å². The van der Waals surface area contributed by atoms with E-state index >= 15 is 0 Å². The molecule has 6 heteroatoms. The number of halogens is 2. The van der Waals surface area contributed by atoms with Crippen LogP contribution in [0.25, 0.3) is 5.69 Å². The normalized spacial score (nSPS) is 10.6. The van der Waals surface area contributed by atoms with Gasteiger partial charge in [0.15, 0.2) is 0 Å². The Labute approximate surface area is 132 Å². The molecule has 21 heavy (non-hydrogen) atoms. The van der Waals surface area contributed by atoms with Gasteiger partial charge in [-0.15, -0.1) is 5.10 Å². The van der Waals surface area contributed by atoms with Crippen LogP contribution in [0.4, 0.5) is 5.69 Å². The van der Waals surface area contributed by atoms with Crippen molar-refractivity contribution >= 4 is 28.9 Å². The number of nitrogens with one attached hydrogen (secondary N) is 1. The van der Waals surface area contributed by atoms with Gasteiger partial charge in [-0.2, -0.15) is 0 Å². The van der Waals surface area contributed by atoms with Crippen molar-refractivity contribution in [2.24, 2.45) is 0 Å². The number of hydrogen-bond donors (Lipinski definition) is 1. The number of aromatic nitrogens is 3. The lowest BCUT2D eigenvalue weighted by Crippen LogP contribution is -2.05. The first-order valence-corrected chi connectivity index (χ1v) is 7.14. The van der Waals surface area contributed by atoms with E-state index in [-0.39, 0.29) is 0 Å². The summed E-state index contributed by atoms with van der Waals surface area (Å²) in [5, 5.41) is 12.3. The highest BCUT2D eigenvalue weighted by Crippen LogP contribution is 2.27. The third-order valence-corrected chi connectivity index (χ3v) is 3.93. The molecule has 0 amide bonds. The van der Waals surface area contributed by atoms with E-state index in [4.69, 9.17) is 23.2 Å². The number of nitrogens with zero attached hydrogens (tertiary/aromatic N) is 3. The highest BCUT2D eigenvalue weighted by atomic mass is 35.5. The molecule has 3 aromatic rings. The minimum atomic E-state index is 0.556. The number of rotatable bonds is 4. The highest BCUT2D eigenvalue weighted by Gasteiger charge is 2.07. The predicted octanol–water partition coefficient (Wildman–Crippen LogP) is 4.19. The van der Waals surface area contributed by atoms with Gasteiger partial charge < -0.3 is 5.32 Å². The fraction of sp³-hybridized carbons (Fsp3) is 0.0667. The third-order valence-electron chi connectivity index (χ3n) is 3.07. The van der Waals surface area contributed by atoms with Gasteiger partial charge in [-0.25, -0.2) is 4.68 Å². The van der Waals surface area contributed by atoms with E-state index in [1.165, 1.54) is 0 Å². The average Bonchev–Trinajstić information content (AvgIpc) is 3.03. The molecule has 0 aliphatic carbocycles. The van der Waals surface area contributed by atoms with Crippen LogP contribution in [0.1, 0.15) is 5.56 Å². The summed E-state index contributed by atoms with van der Waals surface area (Å²) in [5.41, 5.74) is 2.81. The zero-order valence-electron chi connectivity index (χ0n) is 11.0. The van der Waals surface area contributed by atoms with Gasteiger partial charge in [0.2, 0.25) is 0 Å². The number of benzene rings is 2. The SMILES string of the molecule is Clc1cccc(CNc2ccccc2-n2ccnn2)c1Cl. The second kappa shape index (κ2) is 6.16. The molecule has 106 valence electrons. The number of para-hydroxylation sites is 2. The summed E-state index contributed by atoms with van der Waals surface area (Å²) < 4.78 is 1.71. The van der Waals surface area contributed by atoms with Gasteiger partial charge in [0, 0.05) is 6.54 Å². The molecule has 0 aliphatic rings. The molecule has 0 bridgehead atoms. The van der Waals surface area contributed by atoms with Crippen LogP contribution in [-0.2, 0) is 6.54 Å². The molecular formula is C15H12Cl2N4. The Morgan fingerprint density at radius 1 is 1.05 bits per heavy atom. The standard InChI is InChI=1S/C15H12Cl2N4/c16-12-5-3-4-11(15(12)17)10-18-13-6-1-2-7-14(13)21-9-8-19-20-21/h1-9,18H,10H2. The molecule has 3 rings (SSSR count). The van der Waals surface area contributed by atoms with Crippen molar-refractivity contribution in [3.8, 4) is 5.69 Å². The lowest BCUT2D eigenvalue weighted by molar-refractivity contribution is 0.803. The lowest BCUT2D eigenvalue weighted by atomic mass is 10.2. The molecule has 1 heterocycles. The molecule has 2 aromatic carbocycles. The van der Waals surface area contributed by atoms with E-state index < -0.39 is 0 Å². The van der Waals surface area contributed by atoms with Crippen LogP contribution < -0.4 is 5.32 Å². The molecule has 1 aromatic heterocycles. The number of anilines is 1. The summed E-state index contributed by atoms with van der Waals surface area (Å²) in [4.78, 5) is 0. The Hall–Kier alpha value is -2.04. The van der Waals surface area contributed by atoms with Gasteiger partial charge >= 0.3 is 0 Å². The van der Waals surface area contributed by atoms with E-state index in [9.17, 15) is 0 Å². The topological polar surface area (TPSA) is 42.7 Å². The molecule has 0 spiro atoms. The first-order chi connectivity index (χ1) is 10.3. The van der Waals surface area contributed by atoms with Gasteiger partial charge in [0.25, 0.3) is 0 Å². The lowest BCUT2D eigenvalue weighted by Gasteiger charge is -2.12. The van der Waals surface area contributed by atoms with E-state index in [1.54, 1.807) is 23.1 Å². The van der Waals surface area contributed by atoms with E-state index in [0.717, 1.165) is 16.9 Å². The van der Waals surface area contributed by atoms with Crippen LogP contribution in [0.5, 0.6) is 0 Å². The quantitative estimate of drug-likeness (QED) is 0.784. The molecular weight excluding hydrogens is 307 g/mol. The van der Waals surface area contributed by atoms with E-state index in [2.05, 4.69) is 15.6 Å². The maximum absolute atomic E-state index is 6.20. The van der Waals surface area contributed by atoms with Crippen molar-refractivity contribution in [3.63, 3.8) is 0 Å². The van der Waals surface area contributed by atoms with Gasteiger partial charge in [-0.05, 0) is 23.8 Å².